The average Bonchev–Trinajstić information content (AvgIpc) is 1.00. The van der Waals surface area contributed by atoms with Gasteiger partial charge >= 0.3 is 24.2 Å². The Morgan fingerprint density at radius 3 is 1.20 bits per heavy atom. The summed E-state index contributed by atoms with van der Waals surface area (Å²) < 4.78 is 0. The minimum atomic E-state index is 0. The third kappa shape index (κ3) is 19.3. The van der Waals surface area contributed by atoms with E-state index in [0.717, 1.165) is 8.85 Å². The predicted octanol–water partition coefficient (Wildman–Crippen LogP) is -1.19. The van der Waals surface area contributed by atoms with Gasteiger partial charge in [0.2, 0.25) is 0 Å². The Morgan fingerprint density at radius 2 is 1.20 bits per heavy atom. The van der Waals surface area contributed by atoms with E-state index in [1.807, 2.05) is 0 Å². The molecule has 0 N–H and O–H groups in total. The van der Waals surface area contributed by atoms with Gasteiger partial charge in [-0.15, -0.1) is 0 Å². The van der Waals surface area contributed by atoms with Gasteiger partial charge in [-0.2, -0.15) is 0 Å². The van der Waals surface area contributed by atoms with E-state index >= 15 is 0 Å². The fourth-order valence-corrected chi connectivity index (χ4v) is 0. The van der Waals surface area contributed by atoms with Gasteiger partial charge in [0.15, 0.2) is 0 Å². The summed E-state index contributed by atoms with van der Waals surface area (Å²) in [6.45, 7) is 0. The Balaban J connectivity index is -0.00000000167. The molecule has 0 saturated heterocycles. The topological polar surface area (TPSA) is 0 Å². The molecule has 30 valence electrons. The van der Waals surface area contributed by atoms with Crippen molar-refractivity contribution in [3.63, 3.8) is 0 Å². The Morgan fingerprint density at radius 1 is 1.20 bits per heavy atom. The van der Waals surface area contributed by atoms with Gasteiger partial charge in [-0.05, 0) is 0 Å². The SMILES string of the molecule is [Cu].[La].[SiH3][Mn].[Zn]. The zero-order chi connectivity index (χ0) is 2.00. The van der Waals surface area contributed by atoms with E-state index in [1.165, 1.54) is 0 Å². The smallest absolute Gasteiger partial charge is 0 e. The largest absolute Gasteiger partial charge is 0 e. The van der Waals surface area contributed by atoms with Crippen LogP contribution < -0.4 is 0 Å². The molecular weight excluding hydrogens is 351 g/mol. The second-order valence-corrected chi connectivity index (χ2v) is 0. The molecule has 0 aromatic rings. The van der Waals surface area contributed by atoms with Gasteiger partial charge in [-0.1, -0.05) is 0 Å². The fourth-order valence-electron chi connectivity index (χ4n) is 0. The standard InChI is InChI=1S/Cu.La.Mn.H3Si.Zn/h;;;1H3;. The summed E-state index contributed by atoms with van der Waals surface area (Å²) in [6.07, 6.45) is 0. The Kier molecular flexibility index (Phi) is 134. The van der Waals surface area contributed by atoms with Crippen LogP contribution in [-0.4, -0.2) is 8.85 Å². The first-order chi connectivity index (χ1) is 1.00. The van der Waals surface area contributed by atoms with Crippen molar-refractivity contribution in [2.75, 3.05) is 0 Å². The zero-order valence-electron chi connectivity index (χ0n) is 2.96. The van der Waals surface area contributed by atoms with Crippen LogP contribution in [0.25, 0.3) is 0 Å². The molecule has 0 saturated carbocycles. The van der Waals surface area contributed by atoms with Crippen molar-refractivity contribution in [1.29, 1.82) is 0 Å². The Labute approximate surface area is 94.5 Å². The number of hydrogen-bond donors (Lipinski definition) is 0. The zero-order valence-corrected chi connectivity index (χ0v) is 13.7. The maximum absolute atomic E-state index is 3.08. The molecule has 0 aliphatic carbocycles. The van der Waals surface area contributed by atoms with Gasteiger partial charge in [-0.3, -0.25) is 0 Å². The summed E-state index contributed by atoms with van der Waals surface area (Å²) >= 11 is 3.08. The average molecular weight is 354 g/mol. The van der Waals surface area contributed by atoms with Crippen molar-refractivity contribution in [3.05, 3.63) is 0 Å². The van der Waals surface area contributed by atoms with Crippen molar-refractivity contribution >= 4 is 8.85 Å². The molecule has 0 atom stereocenters. The third-order valence-corrected chi connectivity index (χ3v) is 0. The van der Waals surface area contributed by atoms with E-state index in [9.17, 15) is 0 Å². The molecule has 0 fully saturated rings. The quantitative estimate of drug-likeness (QED) is 0.480. The minimum Gasteiger partial charge on any atom is 0 e. The summed E-state index contributed by atoms with van der Waals surface area (Å²) in [5.74, 6) is 0. The maximum atomic E-state index is 3.08. The van der Waals surface area contributed by atoms with E-state index in [1.54, 1.807) is 0 Å². The molecule has 0 aromatic carbocycles. The van der Waals surface area contributed by atoms with Crippen LogP contribution in [0, 0.1) is 35.6 Å². The van der Waals surface area contributed by atoms with Crippen LogP contribution in [0.1, 0.15) is 0 Å². The van der Waals surface area contributed by atoms with E-state index in [0.29, 0.717) is 0 Å². The van der Waals surface area contributed by atoms with Crippen molar-refractivity contribution in [1.82, 2.24) is 0 Å². The van der Waals surface area contributed by atoms with Crippen LogP contribution in [0.15, 0.2) is 0 Å². The molecule has 0 aromatic heterocycles. The van der Waals surface area contributed by atoms with Crippen molar-refractivity contribution < 1.29 is 87.5 Å². The fraction of sp³-hybridized carbons (Fsp3) is 0. The number of rotatable bonds is 0. The summed E-state index contributed by atoms with van der Waals surface area (Å²) in [4.78, 5) is 0. The van der Waals surface area contributed by atoms with E-state index in [-0.39, 0.29) is 72.1 Å². The molecule has 0 spiro atoms. The molecule has 0 unspecified atom stereocenters. The second-order valence-electron chi connectivity index (χ2n) is 0. The van der Waals surface area contributed by atoms with Crippen LogP contribution in [0.4, 0.5) is 0 Å². The minimum absolute atomic E-state index is 0. The first-order valence-electron chi connectivity index (χ1n) is 0.378. The van der Waals surface area contributed by atoms with Crippen molar-refractivity contribution in [2.24, 2.45) is 0 Å². The predicted molar refractivity (Wildman–Crippen MR) is 9.94 cm³/mol. The van der Waals surface area contributed by atoms with E-state index in [2.05, 4.69) is 15.4 Å². The maximum Gasteiger partial charge on any atom is 0 e. The summed E-state index contributed by atoms with van der Waals surface area (Å²) in [5, 5.41) is 0. The summed E-state index contributed by atoms with van der Waals surface area (Å²) in [5.41, 5.74) is 0. The Bertz CT molecular complexity index is 11.6. The number of hydrogen-bond acceptors (Lipinski definition) is 0. The van der Waals surface area contributed by atoms with Gasteiger partial charge in [0.25, 0.3) is 0 Å². The molecule has 0 bridgehead atoms. The van der Waals surface area contributed by atoms with Gasteiger partial charge in [0.1, 0.15) is 0 Å². The van der Waals surface area contributed by atoms with Crippen molar-refractivity contribution in [2.45, 2.75) is 0 Å². The second kappa shape index (κ2) is 27.6. The first kappa shape index (κ1) is 24.3. The molecule has 0 nitrogen and oxygen atoms in total. The van der Waals surface area contributed by atoms with Crippen LogP contribution >= 0.6 is 0 Å². The molecule has 0 aliphatic rings. The van der Waals surface area contributed by atoms with Gasteiger partial charge in [0, 0.05) is 72.1 Å². The molecule has 0 rings (SSSR count). The van der Waals surface area contributed by atoms with Crippen molar-refractivity contribution in [3.8, 4) is 0 Å². The third-order valence-electron chi connectivity index (χ3n) is 0. The van der Waals surface area contributed by atoms with Crippen LogP contribution in [-0.2, 0) is 51.9 Å². The van der Waals surface area contributed by atoms with E-state index < -0.39 is 0 Å². The van der Waals surface area contributed by atoms with Gasteiger partial charge in [-0.25, -0.2) is 0 Å². The normalized spacial score (nSPS) is 1.80. The molecule has 0 heterocycles. The van der Waals surface area contributed by atoms with Gasteiger partial charge < -0.3 is 0 Å². The van der Waals surface area contributed by atoms with Crippen LogP contribution in [0.5, 0.6) is 0 Å². The first-order valence-corrected chi connectivity index (χ1v) is 4.68. The molecule has 5 heavy (non-hydrogen) atoms. The summed E-state index contributed by atoms with van der Waals surface area (Å²) in [7, 11) is 1.12. The molecule has 0 amide bonds. The molecule has 5 heteroatoms. The summed E-state index contributed by atoms with van der Waals surface area (Å²) in [6, 6.07) is 0. The van der Waals surface area contributed by atoms with Crippen LogP contribution in [0.3, 0.4) is 0 Å². The van der Waals surface area contributed by atoms with Gasteiger partial charge in [0.05, 0.1) is 0 Å². The molecule has 2 radical (unpaired) electrons. The monoisotopic (exact) mass is 352 g/mol. The van der Waals surface area contributed by atoms with Crippen LogP contribution in [0.2, 0.25) is 0 Å². The Hall–Kier alpha value is 3.07. The molecule has 0 aliphatic heterocycles. The van der Waals surface area contributed by atoms with E-state index in [4.69, 9.17) is 0 Å². The molecular formula is H3CuLaMnSiZn.